The lowest BCUT2D eigenvalue weighted by Gasteiger charge is -2.18. The first-order valence-corrected chi connectivity index (χ1v) is 20.6. The lowest BCUT2D eigenvalue weighted by Crippen LogP contribution is -2.30. The molecule has 0 aliphatic heterocycles. The highest BCUT2D eigenvalue weighted by molar-refractivity contribution is 8.00. The summed E-state index contributed by atoms with van der Waals surface area (Å²) in [5, 5.41) is 10.6. The van der Waals surface area contributed by atoms with Crippen molar-refractivity contribution in [2.45, 2.75) is 17.1 Å². The van der Waals surface area contributed by atoms with Crippen molar-refractivity contribution in [3.63, 3.8) is 0 Å². The average Bonchev–Trinajstić information content (AvgIpc) is 3.63. The highest BCUT2D eigenvalue weighted by Crippen LogP contribution is 2.40. The van der Waals surface area contributed by atoms with E-state index in [9.17, 15) is 24.0 Å². The Bertz CT molecular complexity index is 2620. The van der Waals surface area contributed by atoms with Crippen LogP contribution < -0.4 is 35.5 Å². The number of carbonyl (C=O) groups excluding carboxylic acids is 5. The molecule has 13 nitrogen and oxygen atoms in total. The van der Waals surface area contributed by atoms with Gasteiger partial charge in [0, 0.05) is 33.5 Å². The third-order valence-electron chi connectivity index (χ3n) is 9.26. The molecule has 6 aromatic rings. The van der Waals surface area contributed by atoms with Gasteiger partial charge in [-0.1, -0.05) is 72.8 Å². The van der Waals surface area contributed by atoms with Crippen molar-refractivity contribution < 1.29 is 42.9 Å². The minimum atomic E-state index is -0.866. The number of rotatable bonds is 16. The van der Waals surface area contributed by atoms with Crippen LogP contribution in [-0.2, 0) is 14.3 Å². The number of hydrogen-bond acceptors (Lipinski definition) is 11. The van der Waals surface area contributed by atoms with Crippen molar-refractivity contribution in [3.8, 4) is 17.2 Å². The number of benzene rings is 5. The third-order valence-corrected chi connectivity index (χ3v) is 11.7. The van der Waals surface area contributed by atoms with E-state index in [-0.39, 0.29) is 21.1 Å². The fraction of sp³-hybridized carbons (Fsp3) is 0.128. The van der Waals surface area contributed by atoms with Gasteiger partial charge < -0.3 is 40.2 Å². The molecule has 4 N–H and O–H groups in total. The number of para-hydroxylation sites is 1. The van der Waals surface area contributed by atoms with Crippen LogP contribution in [0.1, 0.15) is 52.3 Å². The molecule has 1 heterocycles. The van der Waals surface area contributed by atoms with Gasteiger partial charge in [-0.15, -0.1) is 23.1 Å². The quantitative estimate of drug-likeness (QED) is 0.0418. The van der Waals surface area contributed by atoms with Crippen molar-refractivity contribution in [3.05, 3.63) is 166 Å². The number of nitrogens with one attached hydrogen (secondary N) is 4. The Balaban J connectivity index is 1.29. The Labute approximate surface area is 366 Å². The second kappa shape index (κ2) is 20.7. The van der Waals surface area contributed by atoms with Crippen molar-refractivity contribution in [1.29, 1.82) is 0 Å². The number of anilines is 3. The molecule has 1 unspecified atom stereocenters. The van der Waals surface area contributed by atoms with E-state index in [2.05, 4.69) is 21.3 Å². The number of amides is 4. The van der Waals surface area contributed by atoms with Crippen LogP contribution >= 0.6 is 23.1 Å². The van der Waals surface area contributed by atoms with E-state index in [0.717, 1.165) is 11.3 Å². The van der Waals surface area contributed by atoms with E-state index in [1.807, 2.05) is 12.1 Å². The number of hydrogen-bond donors (Lipinski definition) is 4. The highest BCUT2D eigenvalue weighted by atomic mass is 32.2. The summed E-state index contributed by atoms with van der Waals surface area (Å²) < 4.78 is 21.5. The van der Waals surface area contributed by atoms with Crippen LogP contribution in [0.25, 0.3) is 6.08 Å². The summed E-state index contributed by atoms with van der Waals surface area (Å²) in [6.07, 6.45) is 1.47. The topological polar surface area (TPSA) is 170 Å². The highest BCUT2D eigenvalue weighted by Gasteiger charge is 2.30. The van der Waals surface area contributed by atoms with Gasteiger partial charge >= 0.3 is 5.97 Å². The first-order chi connectivity index (χ1) is 30.0. The van der Waals surface area contributed by atoms with Gasteiger partial charge in [0.2, 0.25) is 5.91 Å². The summed E-state index contributed by atoms with van der Waals surface area (Å²) in [5.74, 6) is -1.67. The molecule has 0 radical (unpaired) electrons. The zero-order chi connectivity index (χ0) is 44.2. The molecular weight excluding hydrogens is 829 g/mol. The molecule has 6 rings (SSSR count). The molecule has 5 aromatic carbocycles. The molecule has 4 amide bonds. The van der Waals surface area contributed by atoms with Gasteiger partial charge in [-0.3, -0.25) is 19.2 Å². The van der Waals surface area contributed by atoms with E-state index in [1.54, 1.807) is 122 Å². The van der Waals surface area contributed by atoms with Crippen molar-refractivity contribution >= 4 is 75.1 Å². The van der Waals surface area contributed by atoms with E-state index >= 15 is 0 Å². The van der Waals surface area contributed by atoms with Gasteiger partial charge in [0.15, 0.2) is 11.5 Å². The molecule has 0 aliphatic rings. The Morgan fingerprint density at radius 1 is 0.645 bits per heavy atom. The standard InChI is InChI=1S/C47H42N4O9S2/c1-28-39(47(56)60-5)46(62-40(28)44(54)48-32-20-13-8-14-21-32)51-45(55)41(29-16-9-6-10-17-29)61-34-23-15-22-33(26-34)49-43(53)35(50-42(52)30-18-11-7-12-19-30)24-31-25-37(58-3)38(59-4)27-36(31)57-2/h6-27,41H,1-5H3,(H,48,54)(H,49,53)(H,50,52)(H,51,55)/b35-24+. The first-order valence-electron chi connectivity index (χ1n) is 18.9. The number of esters is 1. The fourth-order valence-electron chi connectivity index (χ4n) is 6.20. The predicted octanol–water partition coefficient (Wildman–Crippen LogP) is 9.00. The molecule has 1 aromatic heterocycles. The number of thioether (sulfide) groups is 1. The number of thiophene rings is 1. The third kappa shape index (κ3) is 10.7. The van der Waals surface area contributed by atoms with Crippen molar-refractivity contribution in [1.82, 2.24) is 5.32 Å². The minimum Gasteiger partial charge on any atom is -0.496 e. The molecular formula is C47H42N4O9S2. The van der Waals surface area contributed by atoms with Gasteiger partial charge in [-0.25, -0.2) is 4.79 Å². The van der Waals surface area contributed by atoms with Crippen LogP contribution in [0.4, 0.5) is 16.4 Å². The van der Waals surface area contributed by atoms with Crippen LogP contribution in [0.15, 0.2) is 138 Å². The molecule has 15 heteroatoms. The Morgan fingerprint density at radius 2 is 1.26 bits per heavy atom. The molecule has 316 valence electrons. The van der Waals surface area contributed by atoms with Crippen LogP contribution in [0.3, 0.4) is 0 Å². The fourth-order valence-corrected chi connectivity index (χ4v) is 8.38. The van der Waals surface area contributed by atoms with Crippen LogP contribution in [0.2, 0.25) is 0 Å². The molecule has 1 atom stereocenters. The second-order valence-corrected chi connectivity index (χ2v) is 15.5. The van der Waals surface area contributed by atoms with E-state index < -0.39 is 34.8 Å². The monoisotopic (exact) mass is 870 g/mol. The van der Waals surface area contributed by atoms with E-state index in [0.29, 0.717) is 55.8 Å². The zero-order valence-corrected chi connectivity index (χ0v) is 35.9. The SMILES string of the molecule is COC(=O)c1c(NC(=O)C(Sc2cccc(NC(=O)/C(=C\c3cc(OC)c(OC)cc3OC)NC(=O)c3ccccc3)c2)c2ccccc2)sc(C(=O)Nc2ccccc2)c1C. The zero-order valence-electron chi connectivity index (χ0n) is 34.3. The summed E-state index contributed by atoms with van der Waals surface area (Å²) in [7, 11) is 5.66. The smallest absolute Gasteiger partial charge is 0.341 e. The normalized spacial score (nSPS) is 11.4. The van der Waals surface area contributed by atoms with Gasteiger partial charge in [-0.2, -0.15) is 0 Å². The first kappa shape index (κ1) is 44.2. The number of carbonyl (C=O) groups is 5. The molecule has 0 saturated carbocycles. The largest absolute Gasteiger partial charge is 0.496 e. The molecule has 62 heavy (non-hydrogen) atoms. The predicted molar refractivity (Wildman–Crippen MR) is 242 cm³/mol. The minimum absolute atomic E-state index is 0.0690. The van der Waals surface area contributed by atoms with E-state index in [1.165, 1.54) is 46.3 Å². The van der Waals surface area contributed by atoms with Gasteiger partial charge in [0.1, 0.15) is 21.7 Å². The Hall–Kier alpha value is -7.36. The Morgan fingerprint density at radius 3 is 1.90 bits per heavy atom. The maximum atomic E-state index is 14.3. The summed E-state index contributed by atoms with van der Waals surface area (Å²) >= 11 is 2.17. The van der Waals surface area contributed by atoms with E-state index in [4.69, 9.17) is 18.9 Å². The molecule has 0 saturated heterocycles. The van der Waals surface area contributed by atoms with Crippen LogP contribution in [-0.4, -0.2) is 58.0 Å². The number of methoxy groups -OCH3 is 4. The molecule has 0 bridgehead atoms. The maximum Gasteiger partial charge on any atom is 0.341 e. The van der Waals surface area contributed by atoms with Gasteiger partial charge in [-0.05, 0) is 72.7 Å². The lowest BCUT2D eigenvalue weighted by molar-refractivity contribution is -0.116. The van der Waals surface area contributed by atoms with Gasteiger partial charge in [0.05, 0.1) is 38.9 Å². The maximum absolute atomic E-state index is 14.3. The van der Waals surface area contributed by atoms with Crippen LogP contribution in [0.5, 0.6) is 17.2 Å². The molecule has 0 fully saturated rings. The summed E-state index contributed by atoms with van der Waals surface area (Å²) in [5.41, 5.74) is 2.65. The average molecular weight is 871 g/mol. The summed E-state index contributed by atoms with van der Waals surface area (Å²) in [6, 6.07) is 36.5. The Kier molecular flexibility index (Phi) is 14.8. The van der Waals surface area contributed by atoms with Crippen molar-refractivity contribution in [2.75, 3.05) is 44.4 Å². The summed E-state index contributed by atoms with van der Waals surface area (Å²) in [4.78, 5) is 69.1. The second-order valence-electron chi connectivity index (χ2n) is 13.3. The molecule has 0 spiro atoms. The van der Waals surface area contributed by atoms with Crippen molar-refractivity contribution in [2.24, 2.45) is 0 Å². The number of ether oxygens (including phenoxy) is 4. The summed E-state index contributed by atoms with van der Waals surface area (Å²) in [6.45, 7) is 1.62. The van der Waals surface area contributed by atoms with Crippen LogP contribution in [0, 0.1) is 6.92 Å². The van der Waals surface area contributed by atoms with Gasteiger partial charge in [0.25, 0.3) is 17.7 Å². The molecule has 0 aliphatic carbocycles. The lowest BCUT2D eigenvalue weighted by atomic mass is 10.1.